The first-order valence-electron chi connectivity index (χ1n) is 6.49. The van der Waals surface area contributed by atoms with Gasteiger partial charge < -0.3 is 10.5 Å². The molecular weight excluding hydrogens is 262 g/mol. The number of nitrogens with two attached hydrogens (primary N) is 1. The van der Waals surface area contributed by atoms with Crippen LogP contribution in [0.4, 0.5) is 0 Å². The first-order chi connectivity index (χ1) is 8.97. The van der Waals surface area contributed by atoms with E-state index in [0.29, 0.717) is 19.8 Å². The molecule has 4 nitrogen and oxygen atoms in total. The molecule has 5 heteroatoms. The largest absolute Gasteiger partial charge is 0.381 e. The van der Waals surface area contributed by atoms with E-state index in [1.54, 1.807) is 0 Å². The molecule has 106 valence electrons. The predicted octanol–water partition coefficient (Wildman–Crippen LogP) is 1.18. The maximum Gasteiger partial charge on any atom is 0.151 e. The van der Waals surface area contributed by atoms with Crippen LogP contribution in [0.15, 0.2) is 30.3 Å². The average Bonchev–Trinajstić information content (AvgIpc) is 3.07. The van der Waals surface area contributed by atoms with Crippen molar-refractivity contribution in [3.8, 4) is 0 Å². The third-order valence-corrected chi connectivity index (χ3v) is 5.62. The highest BCUT2D eigenvalue weighted by atomic mass is 32.2. The number of hydrogen-bond donors (Lipinski definition) is 1. The van der Waals surface area contributed by atoms with Crippen LogP contribution in [-0.2, 0) is 14.6 Å². The van der Waals surface area contributed by atoms with E-state index in [2.05, 4.69) is 0 Å². The highest BCUT2D eigenvalue weighted by Gasteiger charge is 2.69. The zero-order valence-corrected chi connectivity index (χ0v) is 12.2. The van der Waals surface area contributed by atoms with Gasteiger partial charge in [-0.05, 0) is 12.5 Å². The van der Waals surface area contributed by atoms with Crippen molar-refractivity contribution in [2.45, 2.75) is 18.1 Å². The molecule has 3 unspecified atom stereocenters. The van der Waals surface area contributed by atoms with Crippen molar-refractivity contribution in [1.29, 1.82) is 0 Å². The van der Waals surface area contributed by atoms with Gasteiger partial charge in [-0.15, -0.1) is 0 Å². The van der Waals surface area contributed by atoms with Crippen molar-refractivity contribution in [3.05, 3.63) is 35.9 Å². The Kier molecular flexibility index (Phi) is 3.99. The van der Waals surface area contributed by atoms with Crippen LogP contribution in [0.1, 0.15) is 18.4 Å². The highest BCUT2D eigenvalue weighted by molar-refractivity contribution is 7.91. The Morgan fingerprint density at radius 3 is 2.42 bits per heavy atom. The van der Waals surface area contributed by atoms with Crippen molar-refractivity contribution < 1.29 is 13.2 Å². The number of rotatable bonds is 6. The van der Waals surface area contributed by atoms with E-state index < -0.39 is 20.5 Å². The lowest BCUT2D eigenvalue weighted by Crippen LogP contribution is -2.28. The quantitative estimate of drug-likeness (QED) is 0.851. The lowest BCUT2D eigenvalue weighted by molar-refractivity contribution is 0.101. The Hall–Kier alpha value is -0.910. The van der Waals surface area contributed by atoms with E-state index in [-0.39, 0.29) is 5.92 Å². The minimum atomic E-state index is -3.14. The SMILES string of the molecule is CCOCC1(CN)C(c2ccccc2)C1S(C)(=O)=O. The number of hydrogen-bond acceptors (Lipinski definition) is 4. The fourth-order valence-corrected chi connectivity index (χ4v) is 5.07. The second-order valence-corrected chi connectivity index (χ2v) is 7.38. The molecule has 1 aromatic carbocycles. The molecule has 2 rings (SSSR count). The molecule has 0 amide bonds. The molecule has 0 radical (unpaired) electrons. The van der Waals surface area contributed by atoms with E-state index in [0.717, 1.165) is 5.56 Å². The van der Waals surface area contributed by atoms with E-state index in [9.17, 15) is 8.42 Å². The standard InChI is InChI=1S/C14H21NO3S/c1-3-18-10-14(9-15)12(13(14)19(2,16)17)11-7-5-4-6-8-11/h4-8,12-13H,3,9-10,15H2,1-2H3. The van der Waals surface area contributed by atoms with E-state index in [1.807, 2.05) is 37.3 Å². The van der Waals surface area contributed by atoms with Crippen molar-refractivity contribution in [3.63, 3.8) is 0 Å². The summed E-state index contributed by atoms with van der Waals surface area (Å²) in [7, 11) is -3.14. The van der Waals surface area contributed by atoms with Gasteiger partial charge in [-0.2, -0.15) is 0 Å². The average molecular weight is 283 g/mol. The minimum absolute atomic E-state index is 0.0553. The second kappa shape index (κ2) is 5.23. The molecular formula is C14H21NO3S. The van der Waals surface area contributed by atoms with Crippen molar-refractivity contribution in [2.75, 3.05) is 26.0 Å². The van der Waals surface area contributed by atoms with Crippen LogP contribution in [-0.4, -0.2) is 39.7 Å². The second-order valence-electron chi connectivity index (χ2n) is 5.21. The summed E-state index contributed by atoms with van der Waals surface area (Å²) in [6.45, 7) is 3.20. The molecule has 1 aromatic rings. The van der Waals surface area contributed by atoms with Crippen LogP contribution >= 0.6 is 0 Å². The Morgan fingerprint density at radius 2 is 1.95 bits per heavy atom. The lowest BCUT2D eigenvalue weighted by Gasteiger charge is -2.15. The Balaban J connectivity index is 2.35. The number of benzene rings is 1. The van der Waals surface area contributed by atoms with Gasteiger partial charge in [0.25, 0.3) is 0 Å². The monoisotopic (exact) mass is 283 g/mol. The van der Waals surface area contributed by atoms with Gasteiger partial charge in [0.2, 0.25) is 0 Å². The maximum absolute atomic E-state index is 12.0. The molecule has 0 spiro atoms. The highest BCUT2D eigenvalue weighted by Crippen LogP contribution is 2.62. The van der Waals surface area contributed by atoms with Gasteiger partial charge in [-0.25, -0.2) is 8.42 Å². The Morgan fingerprint density at radius 1 is 1.32 bits per heavy atom. The van der Waals surface area contributed by atoms with Gasteiger partial charge >= 0.3 is 0 Å². The van der Waals surface area contributed by atoms with Crippen molar-refractivity contribution >= 4 is 9.84 Å². The van der Waals surface area contributed by atoms with Crippen LogP contribution in [0, 0.1) is 5.41 Å². The van der Waals surface area contributed by atoms with Crippen LogP contribution in [0.5, 0.6) is 0 Å². The Labute approximate surface area is 114 Å². The summed E-state index contributed by atoms with van der Waals surface area (Å²) < 4.78 is 29.5. The molecule has 0 aromatic heterocycles. The molecule has 0 heterocycles. The summed E-state index contributed by atoms with van der Waals surface area (Å²) in [4.78, 5) is 0. The smallest absolute Gasteiger partial charge is 0.151 e. The summed E-state index contributed by atoms with van der Waals surface area (Å²) in [5, 5.41) is -0.432. The van der Waals surface area contributed by atoms with Gasteiger partial charge in [-0.3, -0.25) is 0 Å². The minimum Gasteiger partial charge on any atom is -0.381 e. The third kappa shape index (κ3) is 2.55. The van der Waals surface area contributed by atoms with Gasteiger partial charge in [0, 0.05) is 30.7 Å². The van der Waals surface area contributed by atoms with Crippen molar-refractivity contribution in [2.24, 2.45) is 11.1 Å². The zero-order chi connectivity index (χ0) is 14.1. The van der Waals surface area contributed by atoms with E-state index in [1.165, 1.54) is 6.26 Å². The van der Waals surface area contributed by atoms with Crippen LogP contribution in [0.3, 0.4) is 0 Å². The molecule has 0 bridgehead atoms. The van der Waals surface area contributed by atoms with Gasteiger partial charge in [-0.1, -0.05) is 30.3 Å². The van der Waals surface area contributed by atoms with Gasteiger partial charge in [0.05, 0.1) is 11.9 Å². The lowest BCUT2D eigenvalue weighted by atomic mass is 10.0. The molecule has 0 aliphatic heterocycles. The third-order valence-electron chi connectivity index (χ3n) is 3.95. The fraction of sp³-hybridized carbons (Fsp3) is 0.571. The Bertz CT molecular complexity index is 529. The molecule has 19 heavy (non-hydrogen) atoms. The molecule has 2 N–H and O–H groups in total. The predicted molar refractivity (Wildman–Crippen MR) is 75.8 cm³/mol. The molecule has 3 atom stereocenters. The first-order valence-corrected chi connectivity index (χ1v) is 8.44. The fourth-order valence-electron chi connectivity index (χ4n) is 3.06. The molecule has 0 saturated heterocycles. The van der Waals surface area contributed by atoms with Crippen molar-refractivity contribution in [1.82, 2.24) is 0 Å². The summed E-state index contributed by atoms with van der Waals surface area (Å²) in [5.41, 5.74) is 6.44. The van der Waals surface area contributed by atoms with Gasteiger partial charge in [0.1, 0.15) is 0 Å². The molecule has 1 saturated carbocycles. The molecule has 1 aliphatic rings. The zero-order valence-electron chi connectivity index (χ0n) is 11.4. The van der Waals surface area contributed by atoms with E-state index >= 15 is 0 Å². The number of ether oxygens (including phenoxy) is 1. The number of sulfone groups is 1. The topological polar surface area (TPSA) is 69.4 Å². The molecule has 1 aliphatic carbocycles. The normalized spacial score (nSPS) is 30.3. The first kappa shape index (κ1) is 14.5. The summed E-state index contributed by atoms with van der Waals surface area (Å²) in [5.74, 6) is -0.0553. The maximum atomic E-state index is 12.0. The summed E-state index contributed by atoms with van der Waals surface area (Å²) >= 11 is 0. The summed E-state index contributed by atoms with van der Waals surface area (Å²) in [6, 6.07) is 9.70. The van der Waals surface area contributed by atoms with Crippen LogP contribution < -0.4 is 5.73 Å². The van der Waals surface area contributed by atoms with Crippen LogP contribution in [0.2, 0.25) is 0 Å². The molecule has 1 fully saturated rings. The van der Waals surface area contributed by atoms with Gasteiger partial charge in [0.15, 0.2) is 9.84 Å². The van der Waals surface area contributed by atoms with E-state index in [4.69, 9.17) is 10.5 Å². The summed E-state index contributed by atoms with van der Waals surface area (Å²) in [6.07, 6.45) is 1.29. The van der Waals surface area contributed by atoms with Crippen LogP contribution in [0.25, 0.3) is 0 Å².